The third-order valence-corrected chi connectivity index (χ3v) is 1.87. The summed E-state index contributed by atoms with van der Waals surface area (Å²) in [4.78, 5) is 16.6. The van der Waals surface area contributed by atoms with E-state index >= 15 is 0 Å². The molecule has 1 unspecified atom stereocenters. The van der Waals surface area contributed by atoms with Crippen LogP contribution in [0, 0.1) is 0 Å². The average Bonchev–Trinajstić information content (AvgIpc) is 1.81. The van der Waals surface area contributed by atoms with E-state index in [1.54, 1.807) is 0 Å². The minimum atomic E-state index is -3.95. The zero-order valence-electron chi connectivity index (χ0n) is 5.47. The summed E-state index contributed by atoms with van der Waals surface area (Å²) in [5, 5.41) is 8.75. The van der Waals surface area contributed by atoms with Gasteiger partial charge in [0.2, 0.25) is 0 Å². The molecule has 0 amide bonds. The molecule has 0 aliphatic carbocycles. The molecule has 0 spiro atoms. The number of aliphatic hydroxyl groups is 1. The van der Waals surface area contributed by atoms with Crippen molar-refractivity contribution < 1.29 is 19.5 Å². The largest absolute Gasteiger partial charge is 0.392 e. The Balaban J connectivity index is 3.46. The van der Waals surface area contributed by atoms with Crippen LogP contribution in [-0.2, 0) is 4.57 Å². The molecule has 0 rings (SSSR count). The maximum absolute atomic E-state index is 10.2. The normalized spacial score (nSPS) is 15.2. The first-order chi connectivity index (χ1) is 4.45. The molecule has 0 bridgehead atoms. The number of hydrogen-bond acceptors (Lipinski definition) is 3. The Morgan fingerprint density at radius 2 is 2.00 bits per heavy atom. The van der Waals surface area contributed by atoms with Crippen molar-refractivity contribution in [1.82, 2.24) is 0 Å². The van der Waals surface area contributed by atoms with Crippen LogP contribution in [-0.4, -0.2) is 33.7 Å². The molecule has 10 heavy (non-hydrogen) atoms. The lowest BCUT2D eigenvalue weighted by atomic mass is 10.3. The lowest BCUT2D eigenvalue weighted by Crippen LogP contribution is -2.20. The second kappa shape index (κ2) is 4.05. The summed E-state index contributed by atoms with van der Waals surface area (Å²) >= 11 is 0. The van der Waals surface area contributed by atoms with Crippen molar-refractivity contribution in [2.75, 3.05) is 12.7 Å². The predicted octanol–water partition coefficient (Wildman–Crippen LogP) is -1.13. The highest BCUT2D eigenvalue weighted by molar-refractivity contribution is 7.51. The quantitative estimate of drug-likeness (QED) is 0.399. The maximum Gasteiger partial charge on any atom is 0.325 e. The number of hydrogen-bond donors (Lipinski definition) is 4. The Labute approximate surface area is 59.0 Å². The Kier molecular flexibility index (Phi) is 4.08. The zero-order chi connectivity index (χ0) is 8.20. The van der Waals surface area contributed by atoms with Gasteiger partial charge in [-0.1, -0.05) is 0 Å². The molecule has 0 saturated heterocycles. The fraction of sp³-hybridized carbons (Fsp3) is 1.00. The van der Waals surface area contributed by atoms with Gasteiger partial charge in [0.15, 0.2) is 0 Å². The van der Waals surface area contributed by atoms with Crippen molar-refractivity contribution in [3.05, 3.63) is 0 Å². The van der Waals surface area contributed by atoms with Gasteiger partial charge in [0.1, 0.15) is 0 Å². The summed E-state index contributed by atoms with van der Waals surface area (Å²) in [6.45, 7) is 0.0417. The first-order valence-corrected chi connectivity index (χ1v) is 4.68. The van der Waals surface area contributed by atoms with Crippen molar-refractivity contribution in [2.45, 2.75) is 12.5 Å². The van der Waals surface area contributed by atoms with Crippen LogP contribution in [0.25, 0.3) is 0 Å². The molecule has 0 saturated carbocycles. The molecule has 6 heteroatoms. The van der Waals surface area contributed by atoms with E-state index in [0.717, 1.165) is 0 Å². The first kappa shape index (κ1) is 10.1. The molecule has 0 aliphatic rings. The monoisotopic (exact) mass is 169 g/mol. The van der Waals surface area contributed by atoms with Crippen molar-refractivity contribution in [1.29, 1.82) is 0 Å². The lowest BCUT2D eigenvalue weighted by molar-refractivity contribution is 0.177. The van der Waals surface area contributed by atoms with Crippen molar-refractivity contribution in [3.63, 3.8) is 0 Å². The summed E-state index contributed by atoms with van der Waals surface area (Å²) in [7, 11) is -3.95. The third kappa shape index (κ3) is 6.19. The van der Waals surface area contributed by atoms with Crippen LogP contribution < -0.4 is 5.73 Å². The molecule has 0 aromatic heterocycles. The van der Waals surface area contributed by atoms with Gasteiger partial charge in [-0.05, 0) is 6.42 Å². The van der Waals surface area contributed by atoms with Gasteiger partial charge in [0, 0.05) is 6.54 Å². The smallest absolute Gasteiger partial charge is 0.325 e. The van der Waals surface area contributed by atoms with Gasteiger partial charge in [-0.25, -0.2) is 0 Å². The van der Waals surface area contributed by atoms with Gasteiger partial charge in [0.25, 0.3) is 0 Å². The molecule has 62 valence electrons. The highest BCUT2D eigenvalue weighted by Gasteiger charge is 2.14. The van der Waals surface area contributed by atoms with Gasteiger partial charge in [0.05, 0.1) is 12.3 Å². The zero-order valence-corrected chi connectivity index (χ0v) is 6.37. The van der Waals surface area contributed by atoms with E-state index in [2.05, 4.69) is 0 Å². The molecule has 0 radical (unpaired) electrons. The van der Waals surface area contributed by atoms with E-state index in [4.69, 9.17) is 20.6 Å². The molecular formula is C4H12NO4P. The molecule has 5 N–H and O–H groups in total. The van der Waals surface area contributed by atoms with Gasteiger partial charge in [-0.2, -0.15) is 0 Å². The Morgan fingerprint density at radius 3 is 2.30 bits per heavy atom. The van der Waals surface area contributed by atoms with Crippen LogP contribution in [0.5, 0.6) is 0 Å². The molecule has 0 aromatic rings. The van der Waals surface area contributed by atoms with E-state index < -0.39 is 13.7 Å². The second-order valence-electron chi connectivity index (χ2n) is 2.07. The second-order valence-corrected chi connectivity index (χ2v) is 3.84. The van der Waals surface area contributed by atoms with E-state index in [1.807, 2.05) is 0 Å². The SMILES string of the molecule is NCC(O)CCP(=O)(O)O. The highest BCUT2D eigenvalue weighted by Crippen LogP contribution is 2.35. The minimum absolute atomic E-state index is 0.0417. The molecule has 1 atom stereocenters. The van der Waals surface area contributed by atoms with Crippen LogP contribution in [0.3, 0.4) is 0 Å². The topological polar surface area (TPSA) is 104 Å². The summed E-state index contributed by atoms with van der Waals surface area (Å²) < 4.78 is 10.2. The summed E-state index contributed by atoms with van der Waals surface area (Å²) in [6.07, 6.45) is -1.04. The Morgan fingerprint density at radius 1 is 1.50 bits per heavy atom. The van der Waals surface area contributed by atoms with E-state index in [-0.39, 0.29) is 19.1 Å². The fourth-order valence-electron chi connectivity index (χ4n) is 0.435. The van der Waals surface area contributed by atoms with Crippen LogP contribution in [0.4, 0.5) is 0 Å². The van der Waals surface area contributed by atoms with Crippen LogP contribution >= 0.6 is 7.60 Å². The molecule has 5 nitrogen and oxygen atoms in total. The molecule has 0 aromatic carbocycles. The molecular weight excluding hydrogens is 157 g/mol. The number of nitrogens with two attached hydrogens (primary N) is 1. The molecule has 0 aliphatic heterocycles. The van der Waals surface area contributed by atoms with Gasteiger partial charge in [-0.3, -0.25) is 4.57 Å². The van der Waals surface area contributed by atoms with Gasteiger partial charge in [-0.15, -0.1) is 0 Å². The first-order valence-electron chi connectivity index (χ1n) is 2.88. The Bertz CT molecular complexity index is 133. The van der Waals surface area contributed by atoms with Crippen LogP contribution in [0.15, 0.2) is 0 Å². The van der Waals surface area contributed by atoms with Crippen molar-refractivity contribution >= 4 is 7.60 Å². The minimum Gasteiger partial charge on any atom is -0.392 e. The van der Waals surface area contributed by atoms with Gasteiger partial charge >= 0.3 is 7.60 Å². The van der Waals surface area contributed by atoms with Crippen molar-refractivity contribution in [3.8, 4) is 0 Å². The highest BCUT2D eigenvalue weighted by atomic mass is 31.2. The van der Waals surface area contributed by atoms with Crippen LogP contribution in [0.2, 0.25) is 0 Å². The van der Waals surface area contributed by atoms with Gasteiger partial charge < -0.3 is 20.6 Å². The molecule has 0 heterocycles. The average molecular weight is 169 g/mol. The van der Waals surface area contributed by atoms with E-state index in [1.165, 1.54) is 0 Å². The standard InChI is InChI=1S/C4H12NO4P/c5-3-4(6)1-2-10(7,8)9/h4,6H,1-3,5H2,(H2,7,8,9). The molecule has 0 fully saturated rings. The third-order valence-electron chi connectivity index (χ3n) is 1.03. The van der Waals surface area contributed by atoms with Crippen molar-refractivity contribution in [2.24, 2.45) is 5.73 Å². The summed E-state index contributed by atoms with van der Waals surface area (Å²) in [5.41, 5.74) is 5.00. The summed E-state index contributed by atoms with van der Waals surface area (Å²) in [6, 6.07) is 0. The number of aliphatic hydroxyl groups excluding tert-OH is 1. The van der Waals surface area contributed by atoms with E-state index in [0.29, 0.717) is 0 Å². The summed E-state index contributed by atoms with van der Waals surface area (Å²) in [5.74, 6) is 0. The predicted molar refractivity (Wildman–Crippen MR) is 36.6 cm³/mol. The lowest BCUT2D eigenvalue weighted by Gasteiger charge is -2.07. The Hall–Kier alpha value is 0.0700. The van der Waals surface area contributed by atoms with E-state index in [9.17, 15) is 4.57 Å². The van der Waals surface area contributed by atoms with Crippen LogP contribution in [0.1, 0.15) is 6.42 Å². The number of rotatable bonds is 4. The fourth-order valence-corrected chi connectivity index (χ4v) is 1.07. The maximum atomic E-state index is 10.2.